The monoisotopic (exact) mass is 245 g/mol. The predicted octanol–water partition coefficient (Wildman–Crippen LogP) is 3.76. The molecule has 5 rings (SSSR count). The van der Waals surface area contributed by atoms with Gasteiger partial charge in [0.15, 0.2) is 0 Å². The number of rotatable bonds is 3. The van der Waals surface area contributed by atoms with Crippen LogP contribution >= 0.6 is 0 Å². The first-order chi connectivity index (χ1) is 8.85. The molecule has 1 unspecified atom stereocenters. The molecule has 4 fully saturated rings. The van der Waals surface area contributed by atoms with Gasteiger partial charge in [0.2, 0.25) is 0 Å². The third kappa shape index (κ3) is 1.70. The van der Waals surface area contributed by atoms with Gasteiger partial charge in [0.1, 0.15) is 0 Å². The van der Waals surface area contributed by atoms with Gasteiger partial charge < -0.3 is 5.32 Å². The number of hydrogen-bond acceptors (Lipinski definition) is 1. The molecule has 0 spiro atoms. The zero-order chi connectivity index (χ0) is 12.1. The lowest BCUT2D eigenvalue weighted by Gasteiger charge is -2.56. The number of likely N-dealkylation sites (N-methyl/N-ethyl adjacent to an activating group) is 1. The van der Waals surface area contributed by atoms with Gasteiger partial charge in [0.25, 0.3) is 0 Å². The van der Waals surface area contributed by atoms with Crippen molar-refractivity contribution in [2.45, 2.75) is 57.4 Å². The molecule has 4 bridgehead atoms. The van der Waals surface area contributed by atoms with Crippen LogP contribution in [0.25, 0.3) is 0 Å². The van der Waals surface area contributed by atoms with Crippen LogP contribution < -0.4 is 5.32 Å². The molecule has 0 heterocycles. The Hall–Kier alpha value is -0.300. The van der Waals surface area contributed by atoms with E-state index in [9.17, 15) is 0 Å². The van der Waals surface area contributed by atoms with Crippen molar-refractivity contribution >= 4 is 0 Å². The third-order valence-corrected chi connectivity index (χ3v) is 6.47. The summed E-state index contributed by atoms with van der Waals surface area (Å²) in [6.45, 7) is 0. The van der Waals surface area contributed by atoms with E-state index >= 15 is 0 Å². The van der Waals surface area contributed by atoms with E-state index < -0.39 is 0 Å². The first-order valence-electron chi connectivity index (χ1n) is 8.21. The Bertz CT molecular complexity index is 329. The van der Waals surface area contributed by atoms with E-state index in [1.54, 1.807) is 37.7 Å². The van der Waals surface area contributed by atoms with Gasteiger partial charge in [-0.25, -0.2) is 0 Å². The highest BCUT2D eigenvalue weighted by Gasteiger charge is 2.50. The molecule has 5 aliphatic rings. The van der Waals surface area contributed by atoms with Crippen LogP contribution in [0.4, 0.5) is 0 Å². The molecule has 0 aliphatic heterocycles. The summed E-state index contributed by atoms with van der Waals surface area (Å²) in [5.74, 6) is 5.31. The fourth-order valence-electron chi connectivity index (χ4n) is 6.11. The number of allylic oxidation sites excluding steroid dienone is 1. The molecule has 4 saturated carbocycles. The standard InChI is InChI=1S/C17H27N/c1-18-17(13-4-2-3-5-13)16-14-7-11-6-12(9-14)10-15(16)8-11/h4,11-12,14-18H,2-3,5-10H2,1H3. The molecule has 5 aliphatic carbocycles. The minimum Gasteiger partial charge on any atom is -0.313 e. The van der Waals surface area contributed by atoms with Crippen LogP contribution in [-0.4, -0.2) is 13.1 Å². The van der Waals surface area contributed by atoms with Gasteiger partial charge in [-0.05, 0) is 88.0 Å². The molecule has 0 saturated heterocycles. The Morgan fingerprint density at radius 3 is 2.22 bits per heavy atom. The summed E-state index contributed by atoms with van der Waals surface area (Å²) in [6.07, 6.45) is 14.5. The van der Waals surface area contributed by atoms with Crippen molar-refractivity contribution in [3.05, 3.63) is 11.6 Å². The Morgan fingerprint density at radius 1 is 1.06 bits per heavy atom. The van der Waals surface area contributed by atoms with Gasteiger partial charge in [-0.15, -0.1) is 0 Å². The summed E-state index contributed by atoms with van der Waals surface area (Å²) < 4.78 is 0. The summed E-state index contributed by atoms with van der Waals surface area (Å²) in [4.78, 5) is 0. The lowest BCUT2D eigenvalue weighted by molar-refractivity contribution is -0.0461. The summed E-state index contributed by atoms with van der Waals surface area (Å²) in [6, 6.07) is 0.725. The van der Waals surface area contributed by atoms with Crippen LogP contribution in [0.3, 0.4) is 0 Å². The summed E-state index contributed by atoms with van der Waals surface area (Å²) in [5.41, 5.74) is 1.76. The van der Waals surface area contributed by atoms with Crippen LogP contribution in [0.1, 0.15) is 51.4 Å². The quantitative estimate of drug-likeness (QED) is 0.747. The summed E-state index contributed by atoms with van der Waals surface area (Å²) in [7, 11) is 2.20. The highest BCUT2D eigenvalue weighted by molar-refractivity contribution is 5.19. The van der Waals surface area contributed by atoms with Crippen molar-refractivity contribution in [2.75, 3.05) is 7.05 Å². The first-order valence-corrected chi connectivity index (χ1v) is 8.21. The van der Waals surface area contributed by atoms with Crippen molar-refractivity contribution < 1.29 is 0 Å². The molecule has 0 aromatic rings. The Morgan fingerprint density at radius 2 is 1.72 bits per heavy atom. The van der Waals surface area contributed by atoms with Gasteiger partial charge in [-0.2, -0.15) is 0 Å². The SMILES string of the molecule is CNC(C1=CCCC1)C1C2CC3CC(C2)CC1C3. The molecular formula is C17H27N. The molecular weight excluding hydrogens is 218 g/mol. The Kier molecular flexibility index (Phi) is 2.80. The fourth-order valence-corrected chi connectivity index (χ4v) is 6.11. The minimum absolute atomic E-state index is 0.725. The summed E-state index contributed by atoms with van der Waals surface area (Å²) >= 11 is 0. The second-order valence-corrected chi connectivity index (χ2v) is 7.45. The van der Waals surface area contributed by atoms with Gasteiger partial charge in [-0.3, -0.25) is 0 Å². The van der Waals surface area contributed by atoms with E-state index in [-0.39, 0.29) is 0 Å². The van der Waals surface area contributed by atoms with Gasteiger partial charge in [-0.1, -0.05) is 11.6 Å². The average molecular weight is 245 g/mol. The molecule has 0 radical (unpaired) electrons. The fraction of sp³-hybridized carbons (Fsp3) is 0.882. The minimum atomic E-state index is 0.725. The maximum absolute atomic E-state index is 3.70. The topological polar surface area (TPSA) is 12.0 Å². The van der Waals surface area contributed by atoms with Crippen LogP contribution in [0.5, 0.6) is 0 Å². The zero-order valence-electron chi connectivity index (χ0n) is 11.7. The highest BCUT2D eigenvalue weighted by Crippen LogP contribution is 2.58. The third-order valence-electron chi connectivity index (χ3n) is 6.47. The second kappa shape index (κ2) is 4.37. The molecule has 100 valence electrons. The van der Waals surface area contributed by atoms with E-state index in [0.717, 1.165) is 35.6 Å². The van der Waals surface area contributed by atoms with Crippen molar-refractivity contribution in [1.29, 1.82) is 0 Å². The number of nitrogens with one attached hydrogen (secondary N) is 1. The Labute approximate surface area is 111 Å². The maximum Gasteiger partial charge on any atom is 0.0310 e. The molecule has 1 nitrogen and oxygen atoms in total. The lowest BCUT2D eigenvalue weighted by atomic mass is 9.50. The molecule has 1 heteroatoms. The van der Waals surface area contributed by atoms with E-state index in [1.807, 2.05) is 0 Å². The smallest absolute Gasteiger partial charge is 0.0310 e. The molecule has 1 atom stereocenters. The normalized spacial score (nSPS) is 47.4. The van der Waals surface area contributed by atoms with Crippen LogP contribution in [-0.2, 0) is 0 Å². The zero-order valence-corrected chi connectivity index (χ0v) is 11.7. The highest BCUT2D eigenvalue weighted by atomic mass is 14.9. The molecule has 0 aromatic heterocycles. The van der Waals surface area contributed by atoms with Crippen LogP contribution in [0, 0.1) is 29.6 Å². The molecule has 18 heavy (non-hydrogen) atoms. The van der Waals surface area contributed by atoms with Gasteiger partial charge in [0, 0.05) is 6.04 Å². The van der Waals surface area contributed by atoms with E-state index in [2.05, 4.69) is 18.4 Å². The molecule has 1 N–H and O–H groups in total. The van der Waals surface area contributed by atoms with Crippen molar-refractivity contribution in [3.8, 4) is 0 Å². The van der Waals surface area contributed by atoms with E-state index in [4.69, 9.17) is 0 Å². The molecule has 0 amide bonds. The van der Waals surface area contributed by atoms with Gasteiger partial charge in [0.05, 0.1) is 0 Å². The Balaban J connectivity index is 1.59. The first kappa shape index (κ1) is 11.5. The van der Waals surface area contributed by atoms with Crippen molar-refractivity contribution in [3.63, 3.8) is 0 Å². The lowest BCUT2D eigenvalue weighted by Crippen LogP contribution is -2.52. The summed E-state index contributed by atoms with van der Waals surface area (Å²) in [5, 5.41) is 3.70. The maximum atomic E-state index is 3.70. The second-order valence-electron chi connectivity index (χ2n) is 7.45. The van der Waals surface area contributed by atoms with Gasteiger partial charge >= 0.3 is 0 Å². The van der Waals surface area contributed by atoms with Crippen LogP contribution in [0.2, 0.25) is 0 Å². The van der Waals surface area contributed by atoms with Crippen LogP contribution in [0.15, 0.2) is 11.6 Å². The predicted molar refractivity (Wildman–Crippen MR) is 75.3 cm³/mol. The average Bonchev–Trinajstić information content (AvgIpc) is 2.86. The van der Waals surface area contributed by atoms with E-state index in [1.165, 1.54) is 19.3 Å². The van der Waals surface area contributed by atoms with E-state index in [0.29, 0.717) is 0 Å². The number of hydrogen-bond donors (Lipinski definition) is 1. The van der Waals surface area contributed by atoms with Crippen molar-refractivity contribution in [1.82, 2.24) is 5.32 Å². The largest absolute Gasteiger partial charge is 0.313 e. The molecule has 0 aromatic carbocycles. The van der Waals surface area contributed by atoms with Crippen molar-refractivity contribution in [2.24, 2.45) is 29.6 Å².